The lowest BCUT2D eigenvalue weighted by Crippen LogP contribution is -2.06. The number of carbonyl (C=O) groups excluding carboxylic acids is 1. The van der Waals surface area contributed by atoms with Crippen molar-refractivity contribution in [2.75, 3.05) is 23.4 Å². The van der Waals surface area contributed by atoms with Gasteiger partial charge in [0, 0.05) is 16.8 Å². The summed E-state index contributed by atoms with van der Waals surface area (Å²) in [6, 6.07) is 0. The maximum atomic E-state index is 10.9. The van der Waals surface area contributed by atoms with Crippen molar-refractivity contribution in [3.8, 4) is 0 Å². The summed E-state index contributed by atoms with van der Waals surface area (Å²) in [5, 5.41) is 0.988. The Morgan fingerprint density at radius 2 is 2.25 bits per heavy atom. The van der Waals surface area contributed by atoms with Crippen molar-refractivity contribution in [2.45, 2.75) is 19.8 Å². The molecule has 0 aromatic heterocycles. The highest BCUT2D eigenvalue weighted by Gasteiger charge is 2.00. The SMILES string of the molecule is CCCOC(=O)CCSCCBr. The summed E-state index contributed by atoms with van der Waals surface area (Å²) in [5.41, 5.74) is 0. The first-order valence-electron chi connectivity index (χ1n) is 4.10. The van der Waals surface area contributed by atoms with E-state index in [1.54, 1.807) is 11.8 Å². The molecule has 0 aliphatic heterocycles. The molecule has 0 aromatic rings. The lowest BCUT2D eigenvalue weighted by Gasteiger charge is -2.01. The molecule has 0 rings (SSSR count). The van der Waals surface area contributed by atoms with Crippen LogP contribution in [0, 0.1) is 0 Å². The largest absolute Gasteiger partial charge is 0.466 e. The number of halogens is 1. The van der Waals surface area contributed by atoms with E-state index in [1.807, 2.05) is 6.92 Å². The molecule has 0 bridgehead atoms. The average molecular weight is 255 g/mol. The predicted octanol–water partition coefficient (Wildman–Crippen LogP) is 2.46. The standard InChI is InChI=1S/C8H15BrO2S/c1-2-5-11-8(10)3-6-12-7-4-9/h2-7H2,1H3. The van der Waals surface area contributed by atoms with Crippen LogP contribution in [0.4, 0.5) is 0 Å². The Hall–Kier alpha value is 0.300. The number of hydrogen-bond acceptors (Lipinski definition) is 3. The second-order valence-corrected chi connectivity index (χ2v) is 4.29. The van der Waals surface area contributed by atoms with Crippen molar-refractivity contribution in [2.24, 2.45) is 0 Å². The van der Waals surface area contributed by atoms with Gasteiger partial charge in [0.05, 0.1) is 13.0 Å². The molecule has 12 heavy (non-hydrogen) atoms. The van der Waals surface area contributed by atoms with Crippen molar-refractivity contribution in [3.05, 3.63) is 0 Å². The number of ether oxygens (including phenoxy) is 1. The third kappa shape index (κ3) is 8.40. The van der Waals surface area contributed by atoms with Gasteiger partial charge in [0.1, 0.15) is 0 Å². The Morgan fingerprint density at radius 1 is 1.50 bits per heavy atom. The molecule has 0 radical (unpaired) electrons. The molecule has 0 fully saturated rings. The van der Waals surface area contributed by atoms with E-state index >= 15 is 0 Å². The van der Waals surface area contributed by atoms with Crippen LogP contribution >= 0.6 is 27.7 Å². The highest BCUT2D eigenvalue weighted by molar-refractivity contribution is 9.09. The molecule has 0 spiro atoms. The zero-order chi connectivity index (χ0) is 9.23. The van der Waals surface area contributed by atoms with Gasteiger partial charge < -0.3 is 4.74 Å². The Balaban J connectivity index is 3.08. The van der Waals surface area contributed by atoms with Crippen molar-refractivity contribution >= 4 is 33.7 Å². The third-order valence-electron chi connectivity index (χ3n) is 1.14. The van der Waals surface area contributed by atoms with Crippen molar-refractivity contribution in [3.63, 3.8) is 0 Å². The van der Waals surface area contributed by atoms with Gasteiger partial charge in [-0.1, -0.05) is 22.9 Å². The number of rotatable bonds is 7. The highest BCUT2D eigenvalue weighted by Crippen LogP contribution is 2.04. The summed E-state index contributed by atoms with van der Waals surface area (Å²) in [4.78, 5) is 10.9. The first kappa shape index (κ1) is 12.3. The van der Waals surface area contributed by atoms with Crippen LogP contribution in [0.3, 0.4) is 0 Å². The Labute approximate surface area is 86.6 Å². The summed E-state index contributed by atoms with van der Waals surface area (Å²) < 4.78 is 4.91. The van der Waals surface area contributed by atoms with Crippen molar-refractivity contribution < 1.29 is 9.53 Å². The van der Waals surface area contributed by atoms with E-state index in [9.17, 15) is 4.79 Å². The molecule has 2 nitrogen and oxygen atoms in total. The first-order chi connectivity index (χ1) is 5.81. The minimum absolute atomic E-state index is 0.0704. The van der Waals surface area contributed by atoms with Crippen LogP contribution in [0.15, 0.2) is 0 Å². The highest BCUT2D eigenvalue weighted by atomic mass is 79.9. The number of carbonyl (C=O) groups is 1. The van der Waals surface area contributed by atoms with E-state index in [1.165, 1.54) is 0 Å². The average Bonchev–Trinajstić information content (AvgIpc) is 2.09. The fraction of sp³-hybridized carbons (Fsp3) is 0.875. The minimum Gasteiger partial charge on any atom is -0.466 e. The molecule has 0 saturated carbocycles. The van der Waals surface area contributed by atoms with Gasteiger partial charge >= 0.3 is 5.97 Å². The van der Waals surface area contributed by atoms with Gasteiger partial charge in [-0.2, -0.15) is 11.8 Å². The molecule has 0 saturated heterocycles. The minimum atomic E-state index is -0.0704. The van der Waals surface area contributed by atoms with Gasteiger partial charge in [0.15, 0.2) is 0 Å². The molecule has 0 aromatic carbocycles. The van der Waals surface area contributed by atoms with E-state index in [4.69, 9.17) is 4.74 Å². The van der Waals surface area contributed by atoms with Gasteiger partial charge in [-0.3, -0.25) is 4.79 Å². The van der Waals surface area contributed by atoms with Gasteiger partial charge in [0.25, 0.3) is 0 Å². The fourth-order valence-electron chi connectivity index (χ4n) is 0.600. The summed E-state index contributed by atoms with van der Waals surface area (Å²) >= 11 is 5.09. The second kappa shape index (κ2) is 9.39. The summed E-state index contributed by atoms with van der Waals surface area (Å²) in [6.45, 7) is 2.55. The molecule has 0 amide bonds. The zero-order valence-corrected chi connectivity index (χ0v) is 9.75. The number of alkyl halides is 1. The van der Waals surface area contributed by atoms with Crippen LogP contribution in [0.25, 0.3) is 0 Å². The summed E-state index contributed by atoms with van der Waals surface area (Å²) in [5.74, 6) is 1.86. The normalized spacial score (nSPS) is 9.83. The van der Waals surface area contributed by atoms with E-state index in [0.717, 1.165) is 23.3 Å². The lowest BCUT2D eigenvalue weighted by atomic mass is 10.5. The van der Waals surface area contributed by atoms with Gasteiger partial charge in [0.2, 0.25) is 0 Å². The van der Waals surface area contributed by atoms with E-state index in [0.29, 0.717) is 13.0 Å². The monoisotopic (exact) mass is 254 g/mol. The summed E-state index contributed by atoms with van der Waals surface area (Å²) in [7, 11) is 0. The van der Waals surface area contributed by atoms with Crippen molar-refractivity contribution in [1.29, 1.82) is 0 Å². The van der Waals surface area contributed by atoms with Crippen LogP contribution in [0.5, 0.6) is 0 Å². The zero-order valence-electron chi connectivity index (χ0n) is 7.35. The van der Waals surface area contributed by atoms with Crippen molar-refractivity contribution in [1.82, 2.24) is 0 Å². The predicted molar refractivity (Wildman–Crippen MR) is 57.0 cm³/mol. The number of esters is 1. The van der Waals surface area contributed by atoms with E-state index in [-0.39, 0.29) is 5.97 Å². The quantitative estimate of drug-likeness (QED) is 0.397. The molecular formula is C8H15BrO2S. The van der Waals surface area contributed by atoms with Gasteiger partial charge in [-0.05, 0) is 6.42 Å². The van der Waals surface area contributed by atoms with Crippen LogP contribution in [-0.2, 0) is 9.53 Å². The van der Waals surface area contributed by atoms with E-state index in [2.05, 4.69) is 15.9 Å². The smallest absolute Gasteiger partial charge is 0.306 e. The molecule has 0 aliphatic rings. The molecular weight excluding hydrogens is 240 g/mol. The van der Waals surface area contributed by atoms with E-state index < -0.39 is 0 Å². The first-order valence-corrected chi connectivity index (χ1v) is 6.38. The third-order valence-corrected chi connectivity index (χ3v) is 3.05. The molecule has 0 aliphatic carbocycles. The van der Waals surface area contributed by atoms with Crippen LogP contribution in [0.2, 0.25) is 0 Å². The van der Waals surface area contributed by atoms with Gasteiger partial charge in [-0.15, -0.1) is 0 Å². The van der Waals surface area contributed by atoms with Crippen LogP contribution in [-0.4, -0.2) is 29.4 Å². The summed E-state index contributed by atoms with van der Waals surface area (Å²) in [6.07, 6.45) is 1.44. The topological polar surface area (TPSA) is 26.3 Å². The Morgan fingerprint density at radius 3 is 2.83 bits per heavy atom. The maximum absolute atomic E-state index is 10.9. The second-order valence-electron chi connectivity index (χ2n) is 2.27. The molecule has 72 valence electrons. The van der Waals surface area contributed by atoms with Crippen LogP contribution < -0.4 is 0 Å². The molecule has 0 atom stereocenters. The fourth-order valence-corrected chi connectivity index (χ4v) is 1.91. The van der Waals surface area contributed by atoms with Gasteiger partial charge in [-0.25, -0.2) is 0 Å². The lowest BCUT2D eigenvalue weighted by molar-refractivity contribution is -0.143. The molecule has 0 N–H and O–H groups in total. The molecule has 4 heteroatoms. The Kier molecular flexibility index (Phi) is 9.62. The molecule has 0 heterocycles. The number of hydrogen-bond donors (Lipinski definition) is 0. The number of thioether (sulfide) groups is 1. The Bertz CT molecular complexity index is 120. The maximum Gasteiger partial charge on any atom is 0.306 e. The molecule has 0 unspecified atom stereocenters. The van der Waals surface area contributed by atoms with Crippen LogP contribution in [0.1, 0.15) is 19.8 Å².